The molecule has 0 fully saturated rings. The lowest BCUT2D eigenvalue weighted by molar-refractivity contribution is 0.769. The second-order valence-corrected chi connectivity index (χ2v) is 17.2. The molecule has 11 aromatic rings. The van der Waals surface area contributed by atoms with Gasteiger partial charge >= 0.3 is 0 Å². The molecule has 0 aromatic heterocycles. The average molecular weight is 825 g/mol. The van der Waals surface area contributed by atoms with Gasteiger partial charge in [-0.1, -0.05) is 255 Å². The van der Waals surface area contributed by atoms with Crippen molar-refractivity contribution in [3.8, 4) is 77.9 Å². The van der Waals surface area contributed by atoms with Crippen molar-refractivity contribution in [2.24, 2.45) is 0 Å². The molecule has 0 nitrogen and oxygen atoms in total. The number of benzene rings is 11. The van der Waals surface area contributed by atoms with Crippen LogP contribution in [0, 0.1) is 0 Å². The summed E-state index contributed by atoms with van der Waals surface area (Å²) in [6, 6.07) is 98.3. The summed E-state index contributed by atoms with van der Waals surface area (Å²) < 4.78 is 0. The molecule has 0 spiro atoms. The maximum absolute atomic E-state index is 2.51. The molecule has 0 atom stereocenters. The first-order valence-electron chi connectivity index (χ1n) is 22.6. The van der Waals surface area contributed by atoms with Crippen LogP contribution in [0.3, 0.4) is 0 Å². The van der Waals surface area contributed by atoms with Crippen LogP contribution in [0.2, 0.25) is 0 Å². The van der Waals surface area contributed by atoms with Gasteiger partial charge in [-0.15, -0.1) is 0 Å². The fourth-order valence-corrected chi connectivity index (χ4v) is 10.4. The third kappa shape index (κ3) is 6.62. The topological polar surface area (TPSA) is 0 Å². The highest BCUT2D eigenvalue weighted by atomic mass is 14.5. The molecule has 11 aromatic carbocycles. The van der Waals surface area contributed by atoms with Crippen molar-refractivity contribution in [1.29, 1.82) is 0 Å². The third-order valence-corrected chi connectivity index (χ3v) is 13.6. The zero-order valence-corrected chi connectivity index (χ0v) is 35.9. The molecule has 0 bridgehead atoms. The van der Waals surface area contributed by atoms with Crippen LogP contribution >= 0.6 is 0 Å². The molecule has 1 aliphatic carbocycles. The zero-order chi connectivity index (χ0) is 43.2. The fraction of sp³-hybridized carbons (Fsp3) is 0.0154. The Morgan fingerprint density at radius 1 is 0.200 bits per heavy atom. The van der Waals surface area contributed by atoms with Gasteiger partial charge in [0.25, 0.3) is 0 Å². The molecule has 0 unspecified atom stereocenters. The Kier molecular flexibility index (Phi) is 9.50. The van der Waals surface area contributed by atoms with E-state index >= 15 is 0 Å². The molecule has 0 heterocycles. The van der Waals surface area contributed by atoms with E-state index in [4.69, 9.17) is 0 Å². The lowest BCUT2D eigenvalue weighted by Crippen LogP contribution is -2.28. The number of fused-ring (bicyclic) bond motifs is 5. The second kappa shape index (κ2) is 16.1. The molecule has 0 saturated carbocycles. The summed E-state index contributed by atoms with van der Waals surface area (Å²) in [4.78, 5) is 0. The smallest absolute Gasteiger partial charge is 0.0622 e. The highest BCUT2D eigenvalue weighted by molar-refractivity contribution is 6.10. The van der Waals surface area contributed by atoms with Crippen LogP contribution < -0.4 is 0 Å². The van der Waals surface area contributed by atoms with Gasteiger partial charge < -0.3 is 0 Å². The minimum absolute atomic E-state index is 0.567. The van der Waals surface area contributed by atoms with Gasteiger partial charge in [-0.05, 0) is 123 Å². The third-order valence-electron chi connectivity index (χ3n) is 13.6. The number of rotatable bonds is 8. The van der Waals surface area contributed by atoms with Crippen molar-refractivity contribution in [1.82, 2.24) is 0 Å². The van der Waals surface area contributed by atoms with Crippen LogP contribution in [0.5, 0.6) is 0 Å². The molecule has 0 heteroatoms. The Bertz CT molecular complexity index is 3400. The quantitative estimate of drug-likeness (QED) is 0.143. The van der Waals surface area contributed by atoms with E-state index in [-0.39, 0.29) is 0 Å². The maximum atomic E-state index is 2.51. The van der Waals surface area contributed by atoms with Gasteiger partial charge in [-0.3, -0.25) is 0 Å². The summed E-state index contributed by atoms with van der Waals surface area (Å²) in [6.45, 7) is 0. The molecule has 0 N–H and O–H groups in total. The SMILES string of the molecule is c1ccc(-c2ccc(-c3ccc(-c4ccc5c(c4)C(c4ccccc4)(c4ccccc4)c4cc(-c6ccc(-c7ccc(-c8ccccc8)cc7)cc6)c6ccccc6c4-5)cc3)cc2)cc1. The van der Waals surface area contributed by atoms with Gasteiger partial charge in [0.1, 0.15) is 0 Å². The van der Waals surface area contributed by atoms with Crippen LogP contribution in [-0.4, -0.2) is 0 Å². The molecule has 304 valence electrons. The first-order chi connectivity index (χ1) is 32.2. The first kappa shape index (κ1) is 38.4. The maximum Gasteiger partial charge on any atom is 0.0714 e. The van der Waals surface area contributed by atoms with Crippen molar-refractivity contribution in [2.75, 3.05) is 0 Å². The Hall–Kier alpha value is -8.32. The van der Waals surface area contributed by atoms with Crippen molar-refractivity contribution in [3.05, 3.63) is 289 Å². The minimum Gasteiger partial charge on any atom is -0.0622 e. The van der Waals surface area contributed by atoms with E-state index in [1.807, 2.05) is 0 Å². The van der Waals surface area contributed by atoms with E-state index < -0.39 is 5.41 Å². The highest BCUT2D eigenvalue weighted by Gasteiger charge is 2.47. The molecule has 1 aliphatic rings. The Morgan fingerprint density at radius 3 is 0.954 bits per heavy atom. The van der Waals surface area contributed by atoms with Gasteiger partial charge in [0, 0.05) is 0 Å². The van der Waals surface area contributed by atoms with Crippen LogP contribution in [-0.2, 0) is 5.41 Å². The van der Waals surface area contributed by atoms with E-state index in [9.17, 15) is 0 Å². The van der Waals surface area contributed by atoms with Gasteiger partial charge in [-0.2, -0.15) is 0 Å². The summed E-state index contributed by atoms with van der Waals surface area (Å²) in [7, 11) is 0. The van der Waals surface area contributed by atoms with Crippen molar-refractivity contribution in [2.45, 2.75) is 5.41 Å². The fourth-order valence-electron chi connectivity index (χ4n) is 10.4. The predicted molar refractivity (Wildman–Crippen MR) is 274 cm³/mol. The summed E-state index contributed by atoms with van der Waals surface area (Å²) in [5.74, 6) is 0. The van der Waals surface area contributed by atoms with Crippen LogP contribution in [0.15, 0.2) is 267 Å². The van der Waals surface area contributed by atoms with E-state index in [2.05, 4.69) is 267 Å². The van der Waals surface area contributed by atoms with E-state index in [0.29, 0.717) is 0 Å². The van der Waals surface area contributed by atoms with Gasteiger partial charge in [0.05, 0.1) is 5.41 Å². The molecular formula is C65H44. The highest BCUT2D eigenvalue weighted by Crippen LogP contribution is 2.59. The van der Waals surface area contributed by atoms with E-state index in [1.54, 1.807) is 0 Å². The van der Waals surface area contributed by atoms with E-state index in [0.717, 1.165) is 0 Å². The van der Waals surface area contributed by atoms with Gasteiger partial charge in [0.15, 0.2) is 0 Å². The number of hydrogen-bond donors (Lipinski definition) is 0. The van der Waals surface area contributed by atoms with Crippen molar-refractivity contribution < 1.29 is 0 Å². The summed E-state index contributed by atoms with van der Waals surface area (Å²) >= 11 is 0. The Balaban J connectivity index is 0.986. The molecule has 0 aliphatic heterocycles. The Labute approximate surface area is 381 Å². The molecule has 0 saturated heterocycles. The van der Waals surface area contributed by atoms with Crippen LogP contribution in [0.25, 0.3) is 88.7 Å². The van der Waals surface area contributed by atoms with Gasteiger partial charge in [0.2, 0.25) is 0 Å². The van der Waals surface area contributed by atoms with Gasteiger partial charge in [-0.25, -0.2) is 0 Å². The van der Waals surface area contributed by atoms with Crippen LogP contribution in [0.1, 0.15) is 22.3 Å². The minimum atomic E-state index is -0.567. The summed E-state index contributed by atoms with van der Waals surface area (Å²) in [5, 5.41) is 2.52. The molecule has 65 heavy (non-hydrogen) atoms. The second-order valence-electron chi connectivity index (χ2n) is 17.2. The predicted octanol–water partition coefficient (Wildman–Crippen LogP) is 17.2. The summed E-state index contributed by atoms with van der Waals surface area (Å²) in [5.41, 5.74) is 21.7. The Morgan fingerprint density at radius 2 is 0.523 bits per heavy atom. The monoisotopic (exact) mass is 824 g/mol. The van der Waals surface area contributed by atoms with Crippen LogP contribution in [0.4, 0.5) is 0 Å². The average Bonchev–Trinajstić information content (AvgIpc) is 3.70. The molecule has 12 rings (SSSR count). The largest absolute Gasteiger partial charge is 0.0714 e. The lowest BCUT2D eigenvalue weighted by Gasteiger charge is -2.34. The molecular weight excluding hydrogens is 781 g/mol. The van der Waals surface area contributed by atoms with Crippen molar-refractivity contribution in [3.63, 3.8) is 0 Å². The molecule has 0 radical (unpaired) electrons. The molecule has 0 amide bonds. The summed E-state index contributed by atoms with van der Waals surface area (Å²) in [6.07, 6.45) is 0. The van der Waals surface area contributed by atoms with Crippen molar-refractivity contribution >= 4 is 10.8 Å². The first-order valence-corrected chi connectivity index (χ1v) is 22.6. The normalized spacial score (nSPS) is 12.4. The van der Waals surface area contributed by atoms with E-state index in [1.165, 1.54) is 111 Å². The zero-order valence-electron chi connectivity index (χ0n) is 35.9. The number of hydrogen-bond acceptors (Lipinski definition) is 0. The lowest BCUT2D eigenvalue weighted by atomic mass is 9.67. The standard InChI is InChI=1S/C65H44/c1-5-15-45(16-6-1)47-25-29-49(30-26-47)51-33-35-53(36-34-51)55-41-42-60-62(43-55)65(56-19-9-3-10-20-56,57-21-11-4-12-22-57)63-44-61(58-23-13-14-24-59(58)64(60)63)54-39-37-52(38-40-54)50-31-27-48(28-32-50)46-17-7-2-8-18-46/h1-44H.